The first kappa shape index (κ1) is 18.4. The molecule has 1 aromatic carbocycles. The SMILES string of the molecule is Cc1[nH]c(=S)sc1CC(=O)NCc1cccc(NC(=O)C(C)C)c1. The highest BCUT2D eigenvalue weighted by Crippen LogP contribution is 2.15. The number of aromatic nitrogens is 1. The number of hydrogen-bond donors (Lipinski definition) is 3. The minimum Gasteiger partial charge on any atom is -0.352 e. The molecule has 1 aromatic heterocycles. The Kier molecular flexibility index (Phi) is 6.28. The maximum absolute atomic E-state index is 12.1. The molecule has 2 rings (SSSR count). The zero-order valence-corrected chi connectivity index (χ0v) is 15.6. The summed E-state index contributed by atoms with van der Waals surface area (Å²) in [6.45, 7) is 6.02. The van der Waals surface area contributed by atoms with Gasteiger partial charge in [-0.3, -0.25) is 9.59 Å². The quantitative estimate of drug-likeness (QED) is 0.687. The van der Waals surface area contributed by atoms with Crippen molar-refractivity contribution in [2.75, 3.05) is 5.32 Å². The van der Waals surface area contributed by atoms with E-state index in [4.69, 9.17) is 12.2 Å². The first-order valence-electron chi connectivity index (χ1n) is 7.70. The standard InChI is InChI=1S/C17H21N3O2S2/c1-10(2)16(22)20-13-6-4-5-12(7-13)9-18-15(21)8-14-11(3)19-17(23)24-14/h4-7,10H,8-9H2,1-3H3,(H,18,21)(H,19,23)(H,20,22). The highest BCUT2D eigenvalue weighted by Gasteiger charge is 2.10. The lowest BCUT2D eigenvalue weighted by Crippen LogP contribution is -2.24. The second kappa shape index (κ2) is 8.21. The maximum Gasteiger partial charge on any atom is 0.226 e. The van der Waals surface area contributed by atoms with Crippen LogP contribution in [0.15, 0.2) is 24.3 Å². The predicted octanol–water partition coefficient (Wildman–Crippen LogP) is 3.57. The van der Waals surface area contributed by atoms with Crippen molar-refractivity contribution in [3.05, 3.63) is 44.4 Å². The van der Waals surface area contributed by atoms with Crippen LogP contribution in [0.25, 0.3) is 0 Å². The number of aromatic amines is 1. The van der Waals surface area contributed by atoms with Crippen molar-refractivity contribution in [1.29, 1.82) is 0 Å². The molecule has 128 valence electrons. The van der Waals surface area contributed by atoms with E-state index >= 15 is 0 Å². The first-order chi connectivity index (χ1) is 11.3. The summed E-state index contributed by atoms with van der Waals surface area (Å²) in [6, 6.07) is 7.48. The third-order valence-electron chi connectivity index (χ3n) is 3.45. The molecule has 0 fully saturated rings. The van der Waals surface area contributed by atoms with Gasteiger partial charge in [-0.25, -0.2) is 0 Å². The molecule has 5 nitrogen and oxygen atoms in total. The van der Waals surface area contributed by atoms with Gasteiger partial charge < -0.3 is 15.6 Å². The van der Waals surface area contributed by atoms with Crippen LogP contribution < -0.4 is 10.6 Å². The van der Waals surface area contributed by atoms with Crippen LogP contribution in [0.5, 0.6) is 0 Å². The molecule has 7 heteroatoms. The number of carbonyl (C=O) groups excluding carboxylic acids is 2. The van der Waals surface area contributed by atoms with Crippen LogP contribution in [-0.2, 0) is 22.6 Å². The summed E-state index contributed by atoms with van der Waals surface area (Å²) >= 11 is 6.51. The third-order valence-corrected chi connectivity index (χ3v) is 4.79. The number of thiazole rings is 1. The van der Waals surface area contributed by atoms with Crippen LogP contribution in [-0.4, -0.2) is 16.8 Å². The van der Waals surface area contributed by atoms with Crippen LogP contribution in [0.1, 0.15) is 30.0 Å². The fourth-order valence-corrected chi connectivity index (χ4v) is 3.35. The number of carbonyl (C=O) groups is 2. The molecule has 2 aromatic rings. The first-order valence-corrected chi connectivity index (χ1v) is 8.92. The van der Waals surface area contributed by atoms with Gasteiger partial charge in [0.2, 0.25) is 11.8 Å². The zero-order valence-electron chi connectivity index (χ0n) is 13.9. The zero-order chi connectivity index (χ0) is 17.7. The topological polar surface area (TPSA) is 74.0 Å². The molecule has 0 spiro atoms. The number of aryl methyl sites for hydroxylation is 1. The Morgan fingerprint density at radius 1 is 1.33 bits per heavy atom. The summed E-state index contributed by atoms with van der Waals surface area (Å²) < 4.78 is 0.684. The van der Waals surface area contributed by atoms with E-state index < -0.39 is 0 Å². The van der Waals surface area contributed by atoms with Crippen molar-refractivity contribution in [3.8, 4) is 0 Å². The van der Waals surface area contributed by atoms with Crippen LogP contribution in [0, 0.1) is 16.8 Å². The minimum absolute atomic E-state index is 0.0275. The van der Waals surface area contributed by atoms with Crippen LogP contribution in [0.3, 0.4) is 0 Å². The van der Waals surface area contributed by atoms with Gasteiger partial charge in [-0.15, -0.1) is 11.3 Å². The Morgan fingerprint density at radius 3 is 2.71 bits per heavy atom. The molecule has 0 unspecified atom stereocenters. The maximum atomic E-state index is 12.1. The number of H-pyrrole nitrogens is 1. The number of nitrogens with one attached hydrogen (secondary N) is 3. The van der Waals surface area contributed by atoms with E-state index in [1.54, 1.807) is 0 Å². The molecule has 24 heavy (non-hydrogen) atoms. The number of benzene rings is 1. The summed E-state index contributed by atoms with van der Waals surface area (Å²) in [7, 11) is 0. The largest absolute Gasteiger partial charge is 0.352 e. The van der Waals surface area contributed by atoms with Crippen molar-refractivity contribution in [3.63, 3.8) is 0 Å². The van der Waals surface area contributed by atoms with Gasteiger partial charge >= 0.3 is 0 Å². The molecule has 1 heterocycles. The molecule has 2 amide bonds. The molecule has 0 atom stereocenters. The van der Waals surface area contributed by atoms with E-state index in [1.165, 1.54) is 11.3 Å². The van der Waals surface area contributed by atoms with E-state index in [9.17, 15) is 9.59 Å². The number of rotatable bonds is 6. The Morgan fingerprint density at radius 2 is 2.08 bits per heavy atom. The average Bonchev–Trinajstić information content (AvgIpc) is 2.83. The lowest BCUT2D eigenvalue weighted by molar-refractivity contribution is -0.120. The third kappa shape index (κ3) is 5.28. The van der Waals surface area contributed by atoms with Crippen molar-refractivity contribution in [2.45, 2.75) is 33.7 Å². The van der Waals surface area contributed by atoms with Gasteiger partial charge in [0.25, 0.3) is 0 Å². The molecule has 0 aliphatic carbocycles. The van der Waals surface area contributed by atoms with E-state index in [-0.39, 0.29) is 17.7 Å². The molecule has 0 saturated carbocycles. The van der Waals surface area contributed by atoms with Crippen LogP contribution in [0.4, 0.5) is 5.69 Å². The van der Waals surface area contributed by atoms with E-state index in [0.29, 0.717) is 16.9 Å². The molecular weight excluding hydrogens is 342 g/mol. The van der Waals surface area contributed by atoms with Gasteiger partial charge in [0.05, 0.1) is 6.42 Å². The molecule has 0 bridgehead atoms. The molecule has 3 N–H and O–H groups in total. The van der Waals surface area contributed by atoms with Gasteiger partial charge in [0.1, 0.15) is 0 Å². The Hall–Kier alpha value is -1.99. The summed E-state index contributed by atoms with van der Waals surface area (Å²) in [4.78, 5) is 27.8. The molecule has 0 saturated heterocycles. The van der Waals surface area contributed by atoms with Crippen molar-refractivity contribution in [1.82, 2.24) is 10.3 Å². The van der Waals surface area contributed by atoms with E-state index in [0.717, 1.165) is 21.8 Å². The molecular formula is C17H21N3O2S2. The number of amides is 2. The molecule has 0 radical (unpaired) electrons. The summed E-state index contributed by atoms with van der Waals surface area (Å²) in [6.07, 6.45) is 0.313. The lowest BCUT2D eigenvalue weighted by Gasteiger charge is -2.10. The second-order valence-electron chi connectivity index (χ2n) is 5.86. The van der Waals surface area contributed by atoms with Crippen molar-refractivity contribution >= 4 is 41.1 Å². The number of hydrogen-bond acceptors (Lipinski definition) is 4. The van der Waals surface area contributed by atoms with Crippen molar-refractivity contribution in [2.24, 2.45) is 5.92 Å². The smallest absolute Gasteiger partial charge is 0.226 e. The number of anilines is 1. The molecule has 0 aliphatic rings. The van der Waals surface area contributed by atoms with Crippen LogP contribution in [0.2, 0.25) is 0 Å². The van der Waals surface area contributed by atoms with Gasteiger partial charge in [0.15, 0.2) is 3.95 Å². The normalized spacial score (nSPS) is 10.7. The van der Waals surface area contributed by atoms with Gasteiger partial charge in [-0.1, -0.05) is 26.0 Å². The predicted molar refractivity (Wildman–Crippen MR) is 99.7 cm³/mol. The van der Waals surface area contributed by atoms with Gasteiger partial charge in [-0.05, 0) is 36.8 Å². The lowest BCUT2D eigenvalue weighted by atomic mass is 10.1. The molecule has 0 aliphatic heterocycles. The fraction of sp³-hybridized carbons (Fsp3) is 0.353. The van der Waals surface area contributed by atoms with Crippen molar-refractivity contribution < 1.29 is 9.59 Å². The second-order valence-corrected chi connectivity index (χ2v) is 7.63. The van der Waals surface area contributed by atoms with Gasteiger partial charge in [-0.2, -0.15) is 0 Å². The summed E-state index contributed by atoms with van der Waals surface area (Å²) in [5, 5.41) is 5.75. The highest BCUT2D eigenvalue weighted by atomic mass is 32.1. The monoisotopic (exact) mass is 363 g/mol. The fourth-order valence-electron chi connectivity index (χ4n) is 2.06. The Labute approximate surface area is 150 Å². The summed E-state index contributed by atoms with van der Waals surface area (Å²) in [5.41, 5.74) is 2.61. The summed E-state index contributed by atoms with van der Waals surface area (Å²) in [5.74, 6) is -0.159. The van der Waals surface area contributed by atoms with E-state index in [1.807, 2.05) is 45.0 Å². The average molecular weight is 364 g/mol. The highest BCUT2D eigenvalue weighted by molar-refractivity contribution is 7.73. The Bertz CT molecular complexity index is 793. The van der Waals surface area contributed by atoms with E-state index in [2.05, 4.69) is 15.6 Å². The minimum atomic E-state index is -0.0755. The van der Waals surface area contributed by atoms with Crippen LogP contribution >= 0.6 is 23.6 Å². The van der Waals surface area contributed by atoms with Gasteiger partial charge in [0, 0.05) is 28.7 Å². The Balaban J connectivity index is 1.92.